The lowest BCUT2D eigenvalue weighted by molar-refractivity contribution is 0.112. The Morgan fingerprint density at radius 2 is 2.30 bits per heavy atom. The summed E-state index contributed by atoms with van der Waals surface area (Å²) in [5.74, 6) is 0. The van der Waals surface area contributed by atoms with Crippen molar-refractivity contribution in [2.75, 3.05) is 0 Å². The summed E-state index contributed by atoms with van der Waals surface area (Å²) in [5.41, 5.74) is -0.244. The fourth-order valence-electron chi connectivity index (χ4n) is 0.576. The highest BCUT2D eigenvalue weighted by Crippen LogP contribution is 2.07. The molecule has 0 aliphatic heterocycles. The molecule has 0 aromatic carbocycles. The van der Waals surface area contributed by atoms with Gasteiger partial charge in [0.2, 0.25) is 0 Å². The molecule has 1 aromatic rings. The zero-order valence-corrected chi connectivity index (χ0v) is 6.51. The molecule has 4 heteroatoms. The van der Waals surface area contributed by atoms with Crippen molar-refractivity contribution in [3.05, 3.63) is 32.7 Å². The van der Waals surface area contributed by atoms with E-state index in [0.717, 1.165) is 0 Å². The van der Waals surface area contributed by atoms with E-state index in [1.54, 1.807) is 6.07 Å². The predicted octanol–water partition coefficient (Wildman–Crippen LogP) is 0.950. The van der Waals surface area contributed by atoms with E-state index in [4.69, 9.17) is 0 Å². The van der Waals surface area contributed by atoms with E-state index < -0.39 is 0 Å². The van der Waals surface area contributed by atoms with Gasteiger partial charge in [0.25, 0.3) is 5.56 Å². The summed E-state index contributed by atoms with van der Waals surface area (Å²) < 4.78 is 0.520. The Hall–Kier alpha value is -0.900. The highest BCUT2D eigenvalue weighted by molar-refractivity contribution is 9.10. The number of pyridine rings is 1. The molecule has 0 unspecified atom stereocenters. The van der Waals surface area contributed by atoms with Gasteiger partial charge in [-0.3, -0.25) is 9.59 Å². The van der Waals surface area contributed by atoms with Gasteiger partial charge in [0.1, 0.15) is 0 Å². The van der Waals surface area contributed by atoms with E-state index in [0.29, 0.717) is 10.8 Å². The Kier molecular flexibility index (Phi) is 2.01. The Bertz CT molecular complexity index is 305. The molecule has 0 saturated carbocycles. The molecule has 0 fully saturated rings. The number of carbonyl (C=O) groups excluding carboxylic acids is 1. The monoisotopic (exact) mass is 201 g/mol. The van der Waals surface area contributed by atoms with E-state index in [2.05, 4.69) is 20.9 Å². The van der Waals surface area contributed by atoms with Crippen LogP contribution in [0.5, 0.6) is 0 Å². The van der Waals surface area contributed by atoms with Crippen LogP contribution in [0.25, 0.3) is 0 Å². The number of nitrogens with one attached hydrogen (secondary N) is 1. The molecule has 0 radical (unpaired) electrons. The summed E-state index contributed by atoms with van der Waals surface area (Å²) in [7, 11) is 0. The third-order valence-electron chi connectivity index (χ3n) is 1.06. The lowest BCUT2D eigenvalue weighted by atomic mass is 10.3. The predicted molar refractivity (Wildman–Crippen MR) is 40.2 cm³/mol. The van der Waals surface area contributed by atoms with Gasteiger partial charge >= 0.3 is 0 Å². The first-order valence-corrected chi connectivity index (χ1v) is 3.37. The van der Waals surface area contributed by atoms with Crippen molar-refractivity contribution >= 4 is 22.2 Å². The molecular formula is C6H4BrNO2. The molecule has 1 heterocycles. The topological polar surface area (TPSA) is 49.9 Å². The maximum absolute atomic E-state index is 10.8. The number of hydrogen-bond acceptors (Lipinski definition) is 2. The SMILES string of the molecule is O=Cc1c(Br)cc[nH]c1=O. The van der Waals surface area contributed by atoms with Crippen molar-refractivity contribution in [1.29, 1.82) is 0 Å². The van der Waals surface area contributed by atoms with Crippen LogP contribution < -0.4 is 5.56 Å². The normalized spacial score (nSPS) is 9.30. The van der Waals surface area contributed by atoms with Crippen molar-refractivity contribution in [3.63, 3.8) is 0 Å². The summed E-state index contributed by atoms with van der Waals surface area (Å²) in [6.45, 7) is 0. The molecule has 0 spiro atoms. The van der Waals surface area contributed by atoms with Crippen LogP contribution in [0.4, 0.5) is 0 Å². The van der Waals surface area contributed by atoms with E-state index >= 15 is 0 Å². The van der Waals surface area contributed by atoms with E-state index in [1.807, 2.05) is 0 Å². The molecule has 3 nitrogen and oxygen atoms in total. The smallest absolute Gasteiger partial charge is 0.259 e. The van der Waals surface area contributed by atoms with Crippen LogP contribution in [-0.4, -0.2) is 11.3 Å². The van der Waals surface area contributed by atoms with Gasteiger partial charge in [-0.15, -0.1) is 0 Å². The van der Waals surface area contributed by atoms with Crippen molar-refractivity contribution in [2.45, 2.75) is 0 Å². The molecule has 10 heavy (non-hydrogen) atoms. The molecule has 1 rings (SSSR count). The quantitative estimate of drug-likeness (QED) is 0.689. The Morgan fingerprint density at radius 3 is 2.70 bits per heavy atom. The summed E-state index contributed by atoms with van der Waals surface area (Å²) in [6, 6.07) is 1.60. The van der Waals surface area contributed by atoms with E-state index in [9.17, 15) is 9.59 Å². The van der Waals surface area contributed by atoms with E-state index in [1.165, 1.54) is 6.20 Å². The zero-order valence-electron chi connectivity index (χ0n) is 4.93. The number of halogens is 1. The number of carbonyl (C=O) groups is 1. The maximum Gasteiger partial charge on any atom is 0.259 e. The minimum absolute atomic E-state index is 0.127. The first kappa shape index (κ1) is 7.21. The van der Waals surface area contributed by atoms with Gasteiger partial charge in [-0.2, -0.15) is 0 Å². The van der Waals surface area contributed by atoms with Crippen molar-refractivity contribution in [1.82, 2.24) is 4.98 Å². The molecule has 0 saturated heterocycles. The summed E-state index contributed by atoms with van der Waals surface area (Å²) in [4.78, 5) is 23.3. The van der Waals surface area contributed by atoms with Crippen LogP contribution >= 0.6 is 15.9 Å². The minimum Gasteiger partial charge on any atom is -0.328 e. The van der Waals surface area contributed by atoms with Gasteiger partial charge in [-0.25, -0.2) is 0 Å². The molecule has 0 atom stereocenters. The number of aromatic nitrogens is 1. The number of hydrogen-bond donors (Lipinski definition) is 1. The maximum atomic E-state index is 10.8. The first-order chi connectivity index (χ1) is 4.75. The molecule has 0 aliphatic rings. The molecular weight excluding hydrogens is 198 g/mol. The second-order valence-corrected chi connectivity index (χ2v) is 2.54. The number of aldehydes is 1. The van der Waals surface area contributed by atoms with Crippen LogP contribution in [0.15, 0.2) is 21.5 Å². The highest BCUT2D eigenvalue weighted by Gasteiger charge is 2.00. The summed E-state index contributed by atoms with van der Waals surface area (Å²) >= 11 is 3.06. The average molecular weight is 202 g/mol. The van der Waals surface area contributed by atoms with Gasteiger partial charge in [0.05, 0.1) is 5.56 Å². The van der Waals surface area contributed by atoms with Crippen molar-refractivity contribution in [2.24, 2.45) is 0 Å². The third kappa shape index (κ3) is 1.16. The lowest BCUT2D eigenvalue weighted by Gasteiger charge is -1.90. The second-order valence-electron chi connectivity index (χ2n) is 1.69. The standard InChI is InChI=1S/C6H4BrNO2/c7-5-1-2-8-6(10)4(5)3-9/h1-3H,(H,8,10). The van der Waals surface area contributed by atoms with Crippen LogP contribution in [-0.2, 0) is 0 Å². The van der Waals surface area contributed by atoms with Crippen LogP contribution in [0.3, 0.4) is 0 Å². The molecule has 0 amide bonds. The summed E-state index contributed by atoms with van der Waals surface area (Å²) in [5, 5.41) is 0. The number of rotatable bonds is 1. The summed E-state index contributed by atoms with van der Waals surface area (Å²) in [6.07, 6.45) is 1.99. The fourth-order valence-corrected chi connectivity index (χ4v) is 0.982. The van der Waals surface area contributed by atoms with E-state index in [-0.39, 0.29) is 11.1 Å². The third-order valence-corrected chi connectivity index (χ3v) is 1.76. The number of H-pyrrole nitrogens is 1. The molecule has 52 valence electrons. The van der Waals surface area contributed by atoms with Gasteiger partial charge in [0.15, 0.2) is 6.29 Å². The van der Waals surface area contributed by atoms with Crippen molar-refractivity contribution < 1.29 is 4.79 Å². The Morgan fingerprint density at radius 1 is 1.60 bits per heavy atom. The second kappa shape index (κ2) is 2.79. The highest BCUT2D eigenvalue weighted by atomic mass is 79.9. The average Bonchev–Trinajstić information content (AvgIpc) is 1.88. The molecule has 0 bridgehead atoms. The van der Waals surface area contributed by atoms with Gasteiger partial charge in [-0.05, 0) is 22.0 Å². The van der Waals surface area contributed by atoms with Gasteiger partial charge in [0, 0.05) is 10.7 Å². The molecule has 1 N–H and O–H groups in total. The molecule has 1 aromatic heterocycles. The minimum atomic E-state index is -0.371. The Labute approximate surface area is 65.2 Å². The largest absolute Gasteiger partial charge is 0.328 e. The number of aromatic amines is 1. The van der Waals surface area contributed by atoms with Gasteiger partial charge < -0.3 is 4.98 Å². The Balaban J connectivity index is 3.45. The van der Waals surface area contributed by atoms with Gasteiger partial charge in [-0.1, -0.05) is 0 Å². The molecule has 0 aliphatic carbocycles. The zero-order chi connectivity index (χ0) is 7.56. The lowest BCUT2D eigenvalue weighted by Crippen LogP contribution is -2.10. The fraction of sp³-hybridized carbons (Fsp3) is 0. The van der Waals surface area contributed by atoms with Crippen molar-refractivity contribution in [3.8, 4) is 0 Å². The first-order valence-electron chi connectivity index (χ1n) is 2.58. The van der Waals surface area contributed by atoms with Crippen LogP contribution in [0, 0.1) is 0 Å². The van der Waals surface area contributed by atoms with Crippen LogP contribution in [0.2, 0.25) is 0 Å². The van der Waals surface area contributed by atoms with Crippen LogP contribution in [0.1, 0.15) is 10.4 Å².